The summed E-state index contributed by atoms with van der Waals surface area (Å²) in [5.74, 6) is -1.87. The van der Waals surface area contributed by atoms with Gasteiger partial charge in [0.05, 0.1) is 6.04 Å². The molecule has 11 heteroatoms. The Kier molecular flexibility index (Phi) is 13.1. The van der Waals surface area contributed by atoms with Crippen molar-refractivity contribution in [1.29, 1.82) is 0 Å². The van der Waals surface area contributed by atoms with Crippen molar-refractivity contribution in [2.75, 3.05) is 19.7 Å². The molecule has 1 aliphatic heterocycles. The molecule has 2 aromatic carbocycles. The first-order chi connectivity index (χ1) is 23.7. The number of fused-ring (bicyclic) bond motifs is 3. The van der Waals surface area contributed by atoms with E-state index in [2.05, 4.69) is 40.2 Å². The Labute approximate surface area is 296 Å². The van der Waals surface area contributed by atoms with Crippen molar-refractivity contribution in [3.63, 3.8) is 0 Å². The van der Waals surface area contributed by atoms with E-state index in [0.29, 0.717) is 32.2 Å². The van der Waals surface area contributed by atoms with Gasteiger partial charge in [0.1, 0.15) is 18.2 Å². The molecule has 0 aromatic heterocycles. The van der Waals surface area contributed by atoms with E-state index >= 15 is 0 Å². The Balaban J connectivity index is 1.31. The topological polar surface area (TPSA) is 143 Å². The fourth-order valence-electron chi connectivity index (χ4n) is 6.73. The molecular formula is C39H54N4O7. The van der Waals surface area contributed by atoms with Crippen molar-refractivity contribution in [2.45, 2.75) is 110 Å². The molecular weight excluding hydrogens is 636 g/mol. The predicted molar refractivity (Wildman–Crippen MR) is 191 cm³/mol. The zero-order valence-electron chi connectivity index (χ0n) is 30.5. The van der Waals surface area contributed by atoms with E-state index in [1.54, 1.807) is 20.8 Å². The number of nitrogens with one attached hydrogen (secondary N) is 3. The number of hydrogen-bond acceptors (Lipinski definition) is 7. The van der Waals surface area contributed by atoms with E-state index in [-0.39, 0.29) is 49.1 Å². The molecule has 1 fully saturated rings. The second kappa shape index (κ2) is 17.0. The normalized spacial score (nSPS) is 16.7. The lowest BCUT2D eigenvalue weighted by Crippen LogP contribution is -2.53. The molecule has 4 amide bonds. The number of amides is 4. The number of alkyl carbamates (subject to hydrolysis) is 1. The summed E-state index contributed by atoms with van der Waals surface area (Å²) < 4.78 is 11.1. The number of carbonyl (C=O) groups is 5. The number of ketones is 1. The number of carbonyl (C=O) groups excluding carboxylic acids is 5. The molecule has 3 N–H and O–H groups in total. The third kappa shape index (κ3) is 10.1. The highest BCUT2D eigenvalue weighted by atomic mass is 16.6. The van der Waals surface area contributed by atoms with E-state index in [9.17, 15) is 24.0 Å². The first-order valence-corrected chi connectivity index (χ1v) is 17.9. The Hall–Kier alpha value is -4.41. The van der Waals surface area contributed by atoms with E-state index in [1.165, 1.54) is 4.90 Å². The summed E-state index contributed by atoms with van der Waals surface area (Å²) >= 11 is 0. The van der Waals surface area contributed by atoms with Gasteiger partial charge >= 0.3 is 12.2 Å². The van der Waals surface area contributed by atoms with Crippen molar-refractivity contribution in [3.05, 3.63) is 59.7 Å². The molecule has 1 aliphatic carbocycles. The van der Waals surface area contributed by atoms with Crippen LogP contribution < -0.4 is 16.0 Å². The van der Waals surface area contributed by atoms with Crippen LogP contribution in [0.15, 0.2) is 48.5 Å². The summed E-state index contributed by atoms with van der Waals surface area (Å²) in [7, 11) is 0. The summed E-state index contributed by atoms with van der Waals surface area (Å²) in [6, 6.07) is 14.6. The molecule has 4 rings (SSSR count). The number of likely N-dealkylation sites (tertiary alicyclic amines) is 1. The van der Waals surface area contributed by atoms with E-state index in [0.717, 1.165) is 22.3 Å². The molecule has 0 unspecified atom stereocenters. The number of benzene rings is 2. The molecule has 11 nitrogen and oxygen atoms in total. The van der Waals surface area contributed by atoms with Gasteiger partial charge in [-0.3, -0.25) is 19.3 Å². The van der Waals surface area contributed by atoms with Gasteiger partial charge < -0.3 is 25.4 Å². The summed E-state index contributed by atoms with van der Waals surface area (Å²) in [5.41, 5.74) is 3.86. The molecule has 2 aliphatic rings. The van der Waals surface area contributed by atoms with Crippen LogP contribution in [0.1, 0.15) is 97.6 Å². The van der Waals surface area contributed by atoms with Crippen LogP contribution in [0.4, 0.5) is 9.59 Å². The van der Waals surface area contributed by atoms with Gasteiger partial charge in [0.25, 0.3) is 0 Å². The van der Waals surface area contributed by atoms with Gasteiger partial charge in [0.2, 0.25) is 11.8 Å². The SMILES string of the molecule is CC(C)NC(=O)[C@H](CCCNC(=O)OCC1c2ccccc2-c2ccccc21)CC(=O)[C@@H](NC(=O)[C@@H]1CCCN1C(=O)OC(C)(C)C)C(C)C. The first kappa shape index (κ1) is 38.4. The molecule has 272 valence electrons. The molecule has 0 radical (unpaired) electrons. The lowest BCUT2D eigenvalue weighted by Gasteiger charge is -2.30. The van der Waals surface area contributed by atoms with Crippen molar-refractivity contribution in [1.82, 2.24) is 20.9 Å². The van der Waals surface area contributed by atoms with Gasteiger partial charge in [-0.15, -0.1) is 0 Å². The van der Waals surface area contributed by atoms with Crippen LogP contribution in [0.2, 0.25) is 0 Å². The maximum absolute atomic E-state index is 13.7. The van der Waals surface area contributed by atoms with Crippen LogP contribution in [-0.2, 0) is 23.9 Å². The Morgan fingerprint density at radius 2 is 1.52 bits per heavy atom. The third-order valence-corrected chi connectivity index (χ3v) is 9.09. The van der Waals surface area contributed by atoms with Gasteiger partial charge in [-0.1, -0.05) is 62.4 Å². The van der Waals surface area contributed by atoms with Crippen LogP contribution in [0.3, 0.4) is 0 Å². The van der Waals surface area contributed by atoms with Crippen LogP contribution in [-0.4, -0.2) is 78.1 Å². The summed E-state index contributed by atoms with van der Waals surface area (Å²) in [4.78, 5) is 67.2. The van der Waals surface area contributed by atoms with Crippen molar-refractivity contribution >= 4 is 29.8 Å². The van der Waals surface area contributed by atoms with Crippen LogP contribution in [0, 0.1) is 11.8 Å². The van der Waals surface area contributed by atoms with Gasteiger partial charge in [0.15, 0.2) is 5.78 Å². The quantitative estimate of drug-likeness (QED) is 0.208. The summed E-state index contributed by atoms with van der Waals surface area (Å²) in [6.07, 6.45) is 0.744. The van der Waals surface area contributed by atoms with Gasteiger partial charge in [0, 0.05) is 37.4 Å². The maximum Gasteiger partial charge on any atom is 0.410 e. The lowest BCUT2D eigenvalue weighted by atomic mass is 9.89. The van der Waals surface area contributed by atoms with Gasteiger partial charge in [-0.05, 0) is 88.5 Å². The molecule has 1 saturated heterocycles. The average molecular weight is 691 g/mol. The van der Waals surface area contributed by atoms with Gasteiger partial charge in [-0.25, -0.2) is 9.59 Å². The first-order valence-electron chi connectivity index (χ1n) is 17.9. The highest BCUT2D eigenvalue weighted by Gasteiger charge is 2.39. The van der Waals surface area contributed by atoms with Crippen LogP contribution >= 0.6 is 0 Å². The Bertz CT molecular complexity index is 1490. The standard InChI is InChI=1S/C39H54N4O7/c1-24(2)34(42-36(46)32-19-13-21-43(32)38(48)50-39(5,6)7)33(44)22-26(35(45)41-25(3)4)14-12-20-40-37(47)49-23-31-29-17-10-8-15-27(29)28-16-9-11-18-30(28)31/h8-11,15-18,24-26,31-32,34H,12-14,19-23H2,1-7H3,(H,40,47)(H,41,45)(H,42,46)/t26-,32+,34+/m1/s1. The minimum Gasteiger partial charge on any atom is -0.449 e. The monoisotopic (exact) mass is 690 g/mol. The smallest absolute Gasteiger partial charge is 0.410 e. The van der Waals surface area contributed by atoms with Crippen LogP contribution in [0.25, 0.3) is 11.1 Å². The molecule has 0 bridgehead atoms. The Morgan fingerprint density at radius 1 is 0.900 bits per heavy atom. The fourth-order valence-corrected chi connectivity index (χ4v) is 6.73. The third-order valence-electron chi connectivity index (χ3n) is 9.09. The molecule has 0 saturated carbocycles. The largest absolute Gasteiger partial charge is 0.449 e. The van der Waals surface area contributed by atoms with Gasteiger partial charge in [-0.2, -0.15) is 0 Å². The van der Waals surface area contributed by atoms with Crippen molar-refractivity contribution < 1.29 is 33.4 Å². The fraction of sp³-hybridized carbons (Fsp3) is 0.564. The second-order valence-electron chi connectivity index (χ2n) is 15.0. The molecule has 0 spiro atoms. The zero-order chi connectivity index (χ0) is 36.6. The van der Waals surface area contributed by atoms with E-state index in [1.807, 2.05) is 52.0 Å². The minimum atomic E-state index is -0.836. The molecule has 1 heterocycles. The van der Waals surface area contributed by atoms with E-state index < -0.39 is 41.7 Å². The maximum atomic E-state index is 13.7. The molecule has 50 heavy (non-hydrogen) atoms. The number of hydrogen-bond donors (Lipinski definition) is 3. The summed E-state index contributed by atoms with van der Waals surface area (Å²) in [6.45, 7) is 13.6. The number of rotatable bonds is 14. The number of ether oxygens (including phenoxy) is 2. The number of nitrogens with zero attached hydrogens (tertiary/aromatic N) is 1. The number of Topliss-reactive ketones (excluding diaryl/α,β-unsaturated/α-hetero) is 1. The predicted octanol–water partition coefficient (Wildman–Crippen LogP) is 5.95. The second-order valence-corrected chi connectivity index (χ2v) is 15.0. The molecule has 3 atom stereocenters. The Morgan fingerprint density at radius 3 is 2.10 bits per heavy atom. The zero-order valence-corrected chi connectivity index (χ0v) is 30.5. The highest BCUT2D eigenvalue weighted by Crippen LogP contribution is 2.44. The average Bonchev–Trinajstić information content (AvgIpc) is 3.66. The van der Waals surface area contributed by atoms with Crippen molar-refractivity contribution in [3.8, 4) is 11.1 Å². The highest BCUT2D eigenvalue weighted by molar-refractivity contribution is 5.94. The molecule has 2 aromatic rings. The van der Waals surface area contributed by atoms with Crippen molar-refractivity contribution in [2.24, 2.45) is 11.8 Å². The van der Waals surface area contributed by atoms with Crippen LogP contribution in [0.5, 0.6) is 0 Å². The minimum absolute atomic E-state index is 0.0493. The summed E-state index contributed by atoms with van der Waals surface area (Å²) in [5, 5.41) is 8.58. The van der Waals surface area contributed by atoms with E-state index in [4.69, 9.17) is 9.47 Å². The lowest BCUT2D eigenvalue weighted by molar-refractivity contribution is -0.134.